The molecule has 1 N–H and O–H groups in total. The van der Waals surface area contributed by atoms with Gasteiger partial charge in [0.25, 0.3) is 0 Å². The van der Waals surface area contributed by atoms with Crippen molar-refractivity contribution in [2.75, 3.05) is 0 Å². The van der Waals surface area contributed by atoms with Crippen LogP contribution < -0.4 is 0 Å². The van der Waals surface area contributed by atoms with E-state index in [0.717, 1.165) is 11.1 Å². The Morgan fingerprint density at radius 2 is 1.64 bits per heavy atom. The highest BCUT2D eigenvalue weighted by molar-refractivity contribution is 5.20. The fourth-order valence-corrected chi connectivity index (χ4v) is 2.27. The minimum Gasteiger partial charge on any atom is -0.390 e. The maximum atomic E-state index is 10.5. The maximum Gasteiger partial charge on any atom is 0.109 e. The maximum absolute atomic E-state index is 10.5. The number of hydrogen-bond acceptors (Lipinski definition) is 2. The summed E-state index contributed by atoms with van der Waals surface area (Å²) in [6, 6.07) is 19.8. The summed E-state index contributed by atoms with van der Waals surface area (Å²) in [5, 5.41) is 10.5. The highest BCUT2D eigenvalue weighted by atomic mass is 16.5. The molecule has 0 amide bonds. The second kappa shape index (κ2) is 8.98. The van der Waals surface area contributed by atoms with Gasteiger partial charge in [0.1, 0.15) is 6.10 Å². The first-order chi connectivity index (χ1) is 10.8. The Morgan fingerprint density at radius 1 is 1.00 bits per heavy atom. The van der Waals surface area contributed by atoms with Gasteiger partial charge in [-0.1, -0.05) is 85.5 Å². The standard InChI is InChI=1S/C20H22O2/c1-2-3-6-15-19(21)20(18-13-9-5-10-14-18)22-16-17-11-7-4-8-12-17/h2-14,19-21H,1,15-16H2/b6-3+/t19-,20-/m1/s1. The molecule has 0 fully saturated rings. The first-order valence-electron chi connectivity index (χ1n) is 7.47. The minimum atomic E-state index is -0.595. The zero-order valence-corrected chi connectivity index (χ0v) is 12.6. The first kappa shape index (κ1) is 16.2. The van der Waals surface area contributed by atoms with Crippen LogP contribution in [-0.2, 0) is 11.3 Å². The van der Waals surface area contributed by atoms with Crippen LogP contribution in [-0.4, -0.2) is 11.2 Å². The smallest absolute Gasteiger partial charge is 0.109 e. The van der Waals surface area contributed by atoms with Crippen molar-refractivity contribution >= 4 is 0 Å². The van der Waals surface area contributed by atoms with Crippen LogP contribution in [0.2, 0.25) is 0 Å². The molecule has 0 spiro atoms. The van der Waals surface area contributed by atoms with Gasteiger partial charge in [0, 0.05) is 0 Å². The molecule has 2 heteroatoms. The molecule has 2 aromatic carbocycles. The summed E-state index contributed by atoms with van der Waals surface area (Å²) >= 11 is 0. The average molecular weight is 294 g/mol. The van der Waals surface area contributed by atoms with Crippen LogP contribution in [0.3, 0.4) is 0 Å². The summed E-state index contributed by atoms with van der Waals surface area (Å²) in [6.07, 6.45) is 5.02. The van der Waals surface area contributed by atoms with Crippen molar-refractivity contribution in [1.82, 2.24) is 0 Å². The Balaban J connectivity index is 2.07. The molecule has 0 aliphatic heterocycles. The molecule has 0 aliphatic rings. The summed E-state index contributed by atoms with van der Waals surface area (Å²) in [7, 11) is 0. The van der Waals surface area contributed by atoms with Gasteiger partial charge in [-0.15, -0.1) is 0 Å². The molecule has 0 heterocycles. The number of rotatable bonds is 8. The SMILES string of the molecule is C=C/C=C/C[C@@H](O)[C@H](OCc1ccccc1)c1ccccc1. The van der Waals surface area contributed by atoms with Crippen molar-refractivity contribution in [2.24, 2.45) is 0 Å². The third-order valence-electron chi connectivity index (χ3n) is 3.40. The van der Waals surface area contributed by atoms with E-state index >= 15 is 0 Å². The second-order valence-electron chi connectivity index (χ2n) is 5.09. The fourth-order valence-electron chi connectivity index (χ4n) is 2.27. The monoisotopic (exact) mass is 294 g/mol. The van der Waals surface area contributed by atoms with E-state index in [2.05, 4.69) is 6.58 Å². The number of aliphatic hydroxyl groups excluding tert-OH is 1. The van der Waals surface area contributed by atoms with Crippen LogP contribution in [0, 0.1) is 0 Å². The van der Waals surface area contributed by atoms with Gasteiger partial charge in [0.2, 0.25) is 0 Å². The number of ether oxygens (including phenoxy) is 1. The van der Waals surface area contributed by atoms with Crippen LogP contribution >= 0.6 is 0 Å². The Labute approximate surface area is 132 Å². The molecule has 0 saturated carbocycles. The zero-order chi connectivity index (χ0) is 15.6. The molecule has 0 unspecified atom stereocenters. The van der Waals surface area contributed by atoms with E-state index < -0.39 is 6.10 Å². The fraction of sp³-hybridized carbons (Fsp3) is 0.200. The number of hydrogen-bond donors (Lipinski definition) is 1. The van der Waals surface area contributed by atoms with Gasteiger partial charge in [-0.2, -0.15) is 0 Å². The molecule has 0 aromatic heterocycles. The summed E-state index contributed by atoms with van der Waals surface area (Å²) < 4.78 is 6.00. The van der Waals surface area contributed by atoms with Crippen LogP contribution in [0.4, 0.5) is 0 Å². The third-order valence-corrected chi connectivity index (χ3v) is 3.40. The topological polar surface area (TPSA) is 29.5 Å². The highest BCUT2D eigenvalue weighted by Crippen LogP contribution is 2.25. The molecular formula is C20H22O2. The lowest BCUT2D eigenvalue weighted by atomic mass is 10.0. The molecule has 2 atom stereocenters. The quantitative estimate of drug-likeness (QED) is 0.729. The van der Waals surface area contributed by atoms with Gasteiger partial charge in [-0.3, -0.25) is 0 Å². The molecule has 0 radical (unpaired) electrons. The summed E-state index contributed by atoms with van der Waals surface area (Å²) in [4.78, 5) is 0. The van der Waals surface area contributed by atoms with Crippen molar-refractivity contribution in [3.63, 3.8) is 0 Å². The van der Waals surface area contributed by atoms with Crippen LogP contribution in [0.25, 0.3) is 0 Å². The molecule has 0 bridgehead atoms. The second-order valence-corrected chi connectivity index (χ2v) is 5.09. The summed E-state index contributed by atoms with van der Waals surface area (Å²) in [5.41, 5.74) is 2.08. The van der Waals surface area contributed by atoms with E-state index in [1.807, 2.05) is 72.8 Å². The Morgan fingerprint density at radius 3 is 2.27 bits per heavy atom. The molecular weight excluding hydrogens is 272 g/mol. The molecule has 0 saturated heterocycles. The third kappa shape index (κ3) is 4.99. The number of allylic oxidation sites excluding steroid dienone is 2. The van der Waals surface area contributed by atoms with E-state index in [0.29, 0.717) is 13.0 Å². The van der Waals surface area contributed by atoms with E-state index in [-0.39, 0.29) is 6.10 Å². The summed E-state index contributed by atoms with van der Waals surface area (Å²) in [6.45, 7) is 4.11. The van der Waals surface area contributed by atoms with Gasteiger partial charge in [-0.05, 0) is 17.5 Å². The summed E-state index contributed by atoms with van der Waals surface area (Å²) in [5.74, 6) is 0. The van der Waals surface area contributed by atoms with Gasteiger partial charge in [-0.25, -0.2) is 0 Å². The number of aliphatic hydroxyl groups is 1. The lowest BCUT2D eigenvalue weighted by Crippen LogP contribution is -2.20. The van der Waals surface area contributed by atoms with Crippen LogP contribution in [0.1, 0.15) is 23.7 Å². The van der Waals surface area contributed by atoms with Crippen molar-refractivity contribution < 1.29 is 9.84 Å². The normalized spacial score (nSPS) is 13.9. The average Bonchev–Trinajstić information content (AvgIpc) is 2.57. The van der Waals surface area contributed by atoms with Crippen molar-refractivity contribution in [3.05, 3.63) is 96.6 Å². The molecule has 2 nitrogen and oxygen atoms in total. The van der Waals surface area contributed by atoms with Gasteiger partial charge in [0.05, 0.1) is 12.7 Å². The molecule has 22 heavy (non-hydrogen) atoms. The predicted octanol–water partition coefficient (Wildman–Crippen LogP) is 4.44. The van der Waals surface area contributed by atoms with E-state index in [1.165, 1.54) is 0 Å². The van der Waals surface area contributed by atoms with Gasteiger partial charge in [0.15, 0.2) is 0 Å². The number of benzene rings is 2. The largest absolute Gasteiger partial charge is 0.390 e. The molecule has 0 aliphatic carbocycles. The van der Waals surface area contributed by atoms with E-state index in [9.17, 15) is 5.11 Å². The Kier molecular flexibility index (Phi) is 6.62. The van der Waals surface area contributed by atoms with Gasteiger partial charge >= 0.3 is 0 Å². The molecule has 114 valence electrons. The zero-order valence-electron chi connectivity index (χ0n) is 12.6. The van der Waals surface area contributed by atoms with Crippen molar-refractivity contribution in [1.29, 1.82) is 0 Å². The lowest BCUT2D eigenvalue weighted by Gasteiger charge is -2.23. The van der Waals surface area contributed by atoms with Gasteiger partial charge < -0.3 is 9.84 Å². The minimum absolute atomic E-state index is 0.351. The lowest BCUT2D eigenvalue weighted by molar-refractivity contribution is -0.0465. The Bertz CT molecular complexity index is 575. The van der Waals surface area contributed by atoms with E-state index in [1.54, 1.807) is 6.08 Å². The Hall–Kier alpha value is -2.16. The highest BCUT2D eigenvalue weighted by Gasteiger charge is 2.20. The van der Waals surface area contributed by atoms with Crippen LogP contribution in [0.5, 0.6) is 0 Å². The first-order valence-corrected chi connectivity index (χ1v) is 7.47. The van der Waals surface area contributed by atoms with Crippen LogP contribution in [0.15, 0.2) is 85.5 Å². The molecule has 2 aromatic rings. The van der Waals surface area contributed by atoms with E-state index in [4.69, 9.17) is 4.74 Å². The molecule has 2 rings (SSSR count). The van der Waals surface area contributed by atoms with Crippen molar-refractivity contribution in [3.8, 4) is 0 Å². The van der Waals surface area contributed by atoms with Crippen molar-refractivity contribution in [2.45, 2.75) is 25.2 Å². The predicted molar refractivity (Wildman–Crippen MR) is 90.4 cm³/mol.